The fraction of sp³-hybridized carbons (Fsp3) is 0.214. The zero-order chi connectivity index (χ0) is 15.7. The van der Waals surface area contributed by atoms with E-state index >= 15 is 0 Å². The third kappa shape index (κ3) is 2.50. The lowest BCUT2D eigenvalue weighted by atomic mass is 10.2. The average Bonchev–Trinajstić information content (AvgIpc) is 2.88. The molecule has 0 aliphatic rings. The smallest absolute Gasteiger partial charge is 0.226 e. The molecule has 2 heterocycles. The van der Waals surface area contributed by atoms with Gasteiger partial charge >= 0.3 is 0 Å². The largest absolute Gasteiger partial charge is 0.493 e. The number of aromatic nitrogens is 4. The fourth-order valence-corrected chi connectivity index (χ4v) is 2.31. The minimum absolute atomic E-state index is 0.152. The first-order chi connectivity index (χ1) is 10.6. The summed E-state index contributed by atoms with van der Waals surface area (Å²) in [6.45, 7) is 0. The molecule has 3 aromatic rings. The summed E-state index contributed by atoms with van der Waals surface area (Å²) in [5, 5.41) is 8.30. The van der Waals surface area contributed by atoms with Crippen LogP contribution < -0.4 is 14.8 Å². The summed E-state index contributed by atoms with van der Waals surface area (Å²) in [6, 6.07) is 5.49. The lowest BCUT2D eigenvalue weighted by Crippen LogP contribution is -1.99. The standard InChI is InChI=1S/C14H14ClN5O2/c1-20-13-9(7-16-20)12(18-14(15)19-13)17-8-4-5-10(21-2)11(6-8)22-3/h4-7H,1-3H3,(H,17,18,19). The zero-order valence-electron chi connectivity index (χ0n) is 12.3. The van der Waals surface area contributed by atoms with Crippen LogP contribution in [0.4, 0.5) is 11.5 Å². The van der Waals surface area contributed by atoms with Crippen molar-refractivity contribution >= 4 is 34.1 Å². The fourth-order valence-electron chi connectivity index (χ4n) is 2.14. The van der Waals surface area contributed by atoms with Crippen molar-refractivity contribution in [3.63, 3.8) is 0 Å². The van der Waals surface area contributed by atoms with Gasteiger partial charge in [0.15, 0.2) is 17.1 Å². The molecule has 22 heavy (non-hydrogen) atoms. The Balaban J connectivity index is 2.03. The molecule has 0 bridgehead atoms. The van der Waals surface area contributed by atoms with Crippen molar-refractivity contribution in [1.82, 2.24) is 19.7 Å². The molecule has 0 saturated heterocycles. The second kappa shape index (κ2) is 5.69. The Hall–Kier alpha value is -2.54. The average molecular weight is 320 g/mol. The van der Waals surface area contributed by atoms with Crippen molar-refractivity contribution in [2.24, 2.45) is 7.05 Å². The van der Waals surface area contributed by atoms with E-state index in [4.69, 9.17) is 21.1 Å². The van der Waals surface area contributed by atoms with Crippen molar-refractivity contribution < 1.29 is 9.47 Å². The van der Waals surface area contributed by atoms with E-state index < -0.39 is 0 Å². The molecule has 0 saturated carbocycles. The molecule has 0 radical (unpaired) electrons. The summed E-state index contributed by atoms with van der Waals surface area (Å²) in [5.74, 6) is 1.85. The summed E-state index contributed by atoms with van der Waals surface area (Å²) < 4.78 is 12.2. The third-order valence-electron chi connectivity index (χ3n) is 3.21. The molecule has 0 spiro atoms. The highest BCUT2D eigenvalue weighted by Crippen LogP contribution is 2.32. The number of benzene rings is 1. The zero-order valence-corrected chi connectivity index (χ0v) is 13.0. The van der Waals surface area contributed by atoms with E-state index in [9.17, 15) is 0 Å². The minimum Gasteiger partial charge on any atom is -0.493 e. The third-order valence-corrected chi connectivity index (χ3v) is 3.38. The minimum atomic E-state index is 0.152. The molecule has 7 nitrogen and oxygen atoms in total. The summed E-state index contributed by atoms with van der Waals surface area (Å²) in [7, 11) is 4.97. The van der Waals surface area contributed by atoms with Gasteiger partial charge < -0.3 is 14.8 Å². The van der Waals surface area contributed by atoms with Crippen molar-refractivity contribution in [1.29, 1.82) is 0 Å². The number of halogens is 1. The Labute approximate surface area is 131 Å². The van der Waals surface area contributed by atoms with Crippen molar-refractivity contribution in [3.05, 3.63) is 29.7 Å². The molecular weight excluding hydrogens is 306 g/mol. The van der Waals surface area contributed by atoms with E-state index in [2.05, 4.69) is 20.4 Å². The van der Waals surface area contributed by atoms with Crippen LogP contribution in [0.15, 0.2) is 24.4 Å². The quantitative estimate of drug-likeness (QED) is 0.745. The number of rotatable bonds is 4. The SMILES string of the molecule is COc1ccc(Nc2nc(Cl)nc3c2cnn3C)cc1OC. The predicted octanol–water partition coefficient (Wildman–Crippen LogP) is 2.78. The number of hydrogen-bond donors (Lipinski definition) is 1. The molecule has 1 N–H and O–H groups in total. The normalized spacial score (nSPS) is 10.7. The van der Waals surface area contributed by atoms with Crippen LogP contribution in [-0.4, -0.2) is 34.0 Å². The topological polar surface area (TPSA) is 74.1 Å². The molecule has 0 aliphatic heterocycles. The monoisotopic (exact) mass is 319 g/mol. The van der Waals surface area contributed by atoms with E-state index in [0.717, 1.165) is 11.1 Å². The van der Waals surface area contributed by atoms with E-state index in [1.807, 2.05) is 18.2 Å². The number of anilines is 2. The van der Waals surface area contributed by atoms with E-state index in [0.29, 0.717) is 23.0 Å². The second-order valence-electron chi connectivity index (χ2n) is 4.54. The Morgan fingerprint density at radius 1 is 1.14 bits per heavy atom. The predicted molar refractivity (Wildman–Crippen MR) is 84.1 cm³/mol. The van der Waals surface area contributed by atoms with Gasteiger partial charge in [0.2, 0.25) is 5.28 Å². The first-order valence-electron chi connectivity index (χ1n) is 6.46. The van der Waals surface area contributed by atoms with Gasteiger partial charge in [0.25, 0.3) is 0 Å². The summed E-state index contributed by atoms with van der Waals surface area (Å²) in [4.78, 5) is 8.39. The maximum atomic E-state index is 5.98. The van der Waals surface area contributed by atoms with Crippen LogP contribution in [0, 0.1) is 0 Å². The molecule has 8 heteroatoms. The van der Waals surface area contributed by atoms with Crippen LogP contribution in [0.25, 0.3) is 11.0 Å². The van der Waals surface area contributed by atoms with Crippen LogP contribution >= 0.6 is 11.6 Å². The Bertz CT molecular complexity index is 833. The highest BCUT2D eigenvalue weighted by Gasteiger charge is 2.12. The van der Waals surface area contributed by atoms with Gasteiger partial charge in [-0.3, -0.25) is 4.68 Å². The number of ether oxygens (including phenoxy) is 2. The molecule has 0 aliphatic carbocycles. The number of aryl methyl sites for hydroxylation is 1. The van der Waals surface area contributed by atoms with Gasteiger partial charge in [-0.25, -0.2) is 0 Å². The highest BCUT2D eigenvalue weighted by molar-refractivity contribution is 6.28. The first kappa shape index (κ1) is 14.4. The van der Waals surface area contributed by atoms with Crippen LogP contribution in [-0.2, 0) is 7.05 Å². The van der Waals surface area contributed by atoms with Crippen LogP contribution in [0.1, 0.15) is 0 Å². The van der Waals surface area contributed by atoms with Crippen LogP contribution in [0.3, 0.4) is 0 Å². The van der Waals surface area contributed by atoms with E-state index in [1.54, 1.807) is 32.1 Å². The first-order valence-corrected chi connectivity index (χ1v) is 6.84. The maximum Gasteiger partial charge on any atom is 0.226 e. The van der Waals surface area contributed by atoms with Gasteiger partial charge in [0, 0.05) is 18.8 Å². The van der Waals surface area contributed by atoms with Gasteiger partial charge in [-0.05, 0) is 23.7 Å². The highest BCUT2D eigenvalue weighted by atomic mass is 35.5. The molecule has 0 unspecified atom stereocenters. The Morgan fingerprint density at radius 3 is 2.64 bits per heavy atom. The number of fused-ring (bicyclic) bond motifs is 1. The van der Waals surface area contributed by atoms with Gasteiger partial charge in [-0.2, -0.15) is 15.1 Å². The van der Waals surface area contributed by atoms with Crippen molar-refractivity contribution in [3.8, 4) is 11.5 Å². The molecule has 0 atom stereocenters. The van der Waals surface area contributed by atoms with Crippen LogP contribution in [0.5, 0.6) is 11.5 Å². The van der Waals surface area contributed by atoms with Gasteiger partial charge in [0.1, 0.15) is 5.82 Å². The lowest BCUT2D eigenvalue weighted by molar-refractivity contribution is 0.355. The number of hydrogen-bond acceptors (Lipinski definition) is 6. The molecule has 0 amide bonds. The lowest BCUT2D eigenvalue weighted by Gasteiger charge is -2.11. The van der Waals surface area contributed by atoms with E-state index in [1.165, 1.54) is 0 Å². The molecular formula is C14H14ClN5O2. The van der Waals surface area contributed by atoms with Gasteiger partial charge in [-0.1, -0.05) is 0 Å². The van der Waals surface area contributed by atoms with Crippen LogP contribution in [0.2, 0.25) is 5.28 Å². The van der Waals surface area contributed by atoms with E-state index in [-0.39, 0.29) is 5.28 Å². The molecule has 1 aromatic carbocycles. The van der Waals surface area contributed by atoms with Crippen molar-refractivity contribution in [2.75, 3.05) is 19.5 Å². The summed E-state index contributed by atoms with van der Waals surface area (Å²) in [5.41, 5.74) is 1.44. The molecule has 114 valence electrons. The Morgan fingerprint density at radius 2 is 1.91 bits per heavy atom. The molecule has 3 rings (SSSR count). The molecule has 0 fully saturated rings. The number of nitrogens with zero attached hydrogens (tertiary/aromatic N) is 4. The molecule has 2 aromatic heterocycles. The van der Waals surface area contributed by atoms with Gasteiger partial charge in [-0.15, -0.1) is 0 Å². The maximum absolute atomic E-state index is 5.98. The van der Waals surface area contributed by atoms with Crippen molar-refractivity contribution in [2.45, 2.75) is 0 Å². The summed E-state index contributed by atoms with van der Waals surface area (Å²) >= 11 is 5.98. The second-order valence-corrected chi connectivity index (χ2v) is 4.88. The summed E-state index contributed by atoms with van der Waals surface area (Å²) in [6.07, 6.45) is 1.69. The Kier molecular flexibility index (Phi) is 3.72. The van der Waals surface area contributed by atoms with Gasteiger partial charge in [0.05, 0.1) is 25.8 Å². The number of nitrogens with one attached hydrogen (secondary N) is 1. The number of methoxy groups -OCH3 is 2.